The van der Waals surface area contributed by atoms with Crippen LogP contribution in [-0.2, 0) is 6.54 Å². The first-order valence-corrected chi connectivity index (χ1v) is 9.26. The highest BCUT2D eigenvalue weighted by Crippen LogP contribution is 2.34. The van der Waals surface area contributed by atoms with E-state index in [0.29, 0.717) is 12.5 Å². The number of ether oxygens (including phenoxy) is 2. The number of hydrogen-bond donors (Lipinski definition) is 1. The van der Waals surface area contributed by atoms with Crippen LogP contribution in [-0.4, -0.2) is 26.3 Å². The molecule has 27 heavy (non-hydrogen) atoms. The van der Waals surface area contributed by atoms with Gasteiger partial charge in [0.05, 0.1) is 5.56 Å². The molecule has 8 heteroatoms. The van der Waals surface area contributed by atoms with Crippen LogP contribution in [0.5, 0.6) is 11.5 Å². The molecule has 0 saturated heterocycles. The first kappa shape index (κ1) is 15.8. The van der Waals surface area contributed by atoms with Gasteiger partial charge < -0.3 is 14.8 Å². The Bertz CT molecular complexity index is 1060. The number of hydrogen-bond acceptors (Lipinski definition) is 7. The van der Waals surface area contributed by atoms with E-state index in [1.807, 2.05) is 42.0 Å². The number of fused-ring (bicyclic) bond motifs is 1. The lowest BCUT2D eigenvalue weighted by molar-refractivity contribution is 0.174. The SMILES string of the molecule is c1csc(-c2cnc(-n3ccnc3)nc2NCc2ccc3c(c2)OCO3)c1. The molecule has 3 aromatic heterocycles. The second-order valence-electron chi connectivity index (χ2n) is 5.92. The molecule has 7 nitrogen and oxygen atoms in total. The Morgan fingerprint density at radius 3 is 3.00 bits per heavy atom. The molecule has 4 heterocycles. The predicted molar refractivity (Wildman–Crippen MR) is 102 cm³/mol. The van der Waals surface area contributed by atoms with Gasteiger partial charge in [-0.2, -0.15) is 4.98 Å². The summed E-state index contributed by atoms with van der Waals surface area (Å²) in [7, 11) is 0. The van der Waals surface area contributed by atoms with Gasteiger partial charge in [-0.25, -0.2) is 9.97 Å². The van der Waals surface area contributed by atoms with Crippen molar-refractivity contribution in [2.24, 2.45) is 0 Å². The summed E-state index contributed by atoms with van der Waals surface area (Å²) in [5.74, 6) is 2.90. The third-order valence-corrected chi connectivity index (χ3v) is 5.10. The molecule has 0 radical (unpaired) electrons. The molecular weight excluding hydrogens is 362 g/mol. The van der Waals surface area contributed by atoms with Crippen LogP contribution < -0.4 is 14.8 Å². The summed E-state index contributed by atoms with van der Waals surface area (Å²) in [5, 5.41) is 5.48. The van der Waals surface area contributed by atoms with Crippen molar-refractivity contribution < 1.29 is 9.47 Å². The van der Waals surface area contributed by atoms with Gasteiger partial charge in [-0.05, 0) is 29.1 Å². The first-order valence-electron chi connectivity index (χ1n) is 8.38. The van der Waals surface area contributed by atoms with Crippen LogP contribution >= 0.6 is 11.3 Å². The molecule has 0 amide bonds. The lowest BCUT2D eigenvalue weighted by Gasteiger charge is -2.12. The molecule has 1 aliphatic rings. The smallest absolute Gasteiger partial charge is 0.236 e. The normalized spacial score (nSPS) is 12.3. The lowest BCUT2D eigenvalue weighted by atomic mass is 10.2. The van der Waals surface area contributed by atoms with Crippen LogP contribution in [0, 0.1) is 0 Å². The van der Waals surface area contributed by atoms with Crippen LogP contribution in [0.25, 0.3) is 16.4 Å². The zero-order valence-electron chi connectivity index (χ0n) is 14.2. The Kier molecular flexibility index (Phi) is 3.95. The fraction of sp³-hybridized carbons (Fsp3) is 0.105. The number of nitrogens with one attached hydrogen (secondary N) is 1. The van der Waals surface area contributed by atoms with Crippen molar-refractivity contribution in [3.63, 3.8) is 0 Å². The fourth-order valence-corrected chi connectivity index (χ4v) is 3.60. The summed E-state index contributed by atoms with van der Waals surface area (Å²) in [6.07, 6.45) is 7.05. The molecule has 1 N–H and O–H groups in total. The Morgan fingerprint density at radius 2 is 2.15 bits per heavy atom. The van der Waals surface area contributed by atoms with Gasteiger partial charge in [0.15, 0.2) is 11.5 Å². The Balaban J connectivity index is 1.46. The van der Waals surface area contributed by atoms with E-state index in [1.165, 1.54) is 0 Å². The van der Waals surface area contributed by atoms with Gasteiger partial charge in [-0.3, -0.25) is 4.57 Å². The van der Waals surface area contributed by atoms with Crippen molar-refractivity contribution in [1.29, 1.82) is 0 Å². The number of anilines is 1. The monoisotopic (exact) mass is 377 g/mol. The molecule has 0 unspecified atom stereocenters. The quantitative estimate of drug-likeness (QED) is 0.571. The first-order chi connectivity index (χ1) is 13.4. The topological polar surface area (TPSA) is 74.1 Å². The van der Waals surface area contributed by atoms with Crippen LogP contribution in [0.2, 0.25) is 0 Å². The summed E-state index contributed by atoms with van der Waals surface area (Å²) in [6, 6.07) is 10.0. The molecule has 1 aliphatic heterocycles. The molecule has 134 valence electrons. The van der Waals surface area contributed by atoms with Crippen LogP contribution in [0.4, 0.5) is 5.82 Å². The number of benzene rings is 1. The van der Waals surface area contributed by atoms with E-state index in [2.05, 4.69) is 21.4 Å². The zero-order chi connectivity index (χ0) is 18.1. The summed E-state index contributed by atoms with van der Waals surface area (Å²) < 4.78 is 12.6. The zero-order valence-corrected chi connectivity index (χ0v) is 15.0. The molecular formula is C19H15N5O2S. The van der Waals surface area contributed by atoms with Gasteiger partial charge in [0.1, 0.15) is 12.1 Å². The molecule has 5 rings (SSSR count). The van der Waals surface area contributed by atoms with E-state index in [-0.39, 0.29) is 6.79 Å². The van der Waals surface area contributed by atoms with E-state index in [1.54, 1.807) is 28.4 Å². The number of nitrogens with zero attached hydrogens (tertiary/aromatic N) is 4. The molecule has 0 fully saturated rings. The fourth-order valence-electron chi connectivity index (χ4n) is 2.86. The van der Waals surface area contributed by atoms with Gasteiger partial charge in [0, 0.05) is 30.0 Å². The van der Waals surface area contributed by atoms with E-state index < -0.39 is 0 Å². The summed E-state index contributed by atoms with van der Waals surface area (Å²) >= 11 is 1.66. The third kappa shape index (κ3) is 3.11. The van der Waals surface area contributed by atoms with Gasteiger partial charge in [-0.15, -0.1) is 11.3 Å². The minimum atomic E-state index is 0.273. The van der Waals surface area contributed by atoms with Crippen molar-refractivity contribution in [2.45, 2.75) is 6.54 Å². The summed E-state index contributed by atoms with van der Waals surface area (Å²) in [4.78, 5) is 14.4. The van der Waals surface area contributed by atoms with Crippen LogP contribution in [0.15, 0.2) is 60.6 Å². The second kappa shape index (κ2) is 6.73. The minimum absolute atomic E-state index is 0.273. The van der Waals surface area contributed by atoms with Gasteiger partial charge >= 0.3 is 0 Å². The van der Waals surface area contributed by atoms with Crippen molar-refractivity contribution >= 4 is 17.2 Å². The summed E-state index contributed by atoms with van der Waals surface area (Å²) in [6.45, 7) is 0.879. The number of aromatic nitrogens is 4. The molecule has 1 aromatic carbocycles. The maximum Gasteiger partial charge on any atom is 0.236 e. The molecule has 0 aliphatic carbocycles. The van der Waals surface area contributed by atoms with Gasteiger partial charge in [-0.1, -0.05) is 12.1 Å². The van der Waals surface area contributed by atoms with Crippen molar-refractivity contribution in [3.8, 4) is 27.9 Å². The molecule has 4 aromatic rings. The van der Waals surface area contributed by atoms with Crippen LogP contribution in [0.3, 0.4) is 0 Å². The van der Waals surface area contributed by atoms with E-state index in [9.17, 15) is 0 Å². The van der Waals surface area contributed by atoms with Gasteiger partial charge in [0.25, 0.3) is 0 Å². The second-order valence-corrected chi connectivity index (χ2v) is 6.87. The Labute approximate surface area is 159 Å². The Hall–Kier alpha value is -3.39. The average Bonchev–Trinajstić information content (AvgIpc) is 3.48. The highest BCUT2D eigenvalue weighted by Gasteiger charge is 2.15. The van der Waals surface area contributed by atoms with Crippen LogP contribution in [0.1, 0.15) is 5.56 Å². The number of imidazole rings is 1. The van der Waals surface area contributed by atoms with E-state index in [0.717, 1.165) is 33.3 Å². The van der Waals surface area contributed by atoms with Crippen molar-refractivity contribution in [3.05, 3.63) is 66.2 Å². The Morgan fingerprint density at radius 1 is 1.19 bits per heavy atom. The highest BCUT2D eigenvalue weighted by atomic mass is 32.1. The standard InChI is InChI=1S/C19H15N5O2S/c1-2-17(27-7-1)14-10-22-19(24-6-5-20-11-24)23-18(14)21-9-13-3-4-15-16(8-13)26-12-25-15/h1-8,10-11H,9,12H2,(H,21,22,23). The number of thiophene rings is 1. The molecule has 0 saturated carbocycles. The van der Waals surface area contributed by atoms with E-state index >= 15 is 0 Å². The average molecular weight is 377 g/mol. The summed E-state index contributed by atoms with van der Waals surface area (Å²) in [5.41, 5.74) is 2.05. The van der Waals surface area contributed by atoms with Crippen molar-refractivity contribution in [2.75, 3.05) is 12.1 Å². The largest absolute Gasteiger partial charge is 0.454 e. The lowest BCUT2D eigenvalue weighted by Crippen LogP contribution is -2.07. The minimum Gasteiger partial charge on any atom is -0.454 e. The van der Waals surface area contributed by atoms with Gasteiger partial charge in [0.2, 0.25) is 12.7 Å². The highest BCUT2D eigenvalue weighted by molar-refractivity contribution is 7.13. The third-order valence-electron chi connectivity index (χ3n) is 4.19. The molecule has 0 spiro atoms. The number of rotatable bonds is 5. The maximum absolute atomic E-state index is 5.46. The van der Waals surface area contributed by atoms with Crippen molar-refractivity contribution in [1.82, 2.24) is 19.5 Å². The predicted octanol–water partition coefficient (Wildman–Crippen LogP) is 3.73. The van der Waals surface area contributed by atoms with E-state index in [4.69, 9.17) is 14.5 Å². The molecule has 0 bridgehead atoms. The maximum atomic E-state index is 5.46. The molecule has 0 atom stereocenters.